The average molecular weight is 268 g/mol. The minimum Gasteiger partial charge on any atom is -0.372 e. The summed E-state index contributed by atoms with van der Waals surface area (Å²) in [5, 5.41) is 3.69. The number of rotatable bonds is 7. The van der Waals surface area contributed by atoms with Crippen molar-refractivity contribution in [3.8, 4) is 0 Å². The Morgan fingerprint density at radius 1 is 1.21 bits per heavy atom. The van der Waals surface area contributed by atoms with Crippen LogP contribution in [0.4, 0.5) is 0 Å². The highest BCUT2D eigenvalue weighted by atomic mass is 16.5. The van der Waals surface area contributed by atoms with Gasteiger partial charge in [-0.05, 0) is 43.4 Å². The second-order valence-corrected chi connectivity index (χ2v) is 7.13. The third-order valence-corrected chi connectivity index (χ3v) is 4.84. The Kier molecular flexibility index (Phi) is 5.67. The van der Waals surface area contributed by atoms with Crippen molar-refractivity contribution in [2.75, 3.05) is 19.6 Å². The normalized spacial score (nSPS) is 30.3. The molecule has 0 spiro atoms. The second-order valence-electron chi connectivity index (χ2n) is 7.13. The molecule has 19 heavy (non-hydrogen) atoms. The zero-order valence-electron chi connectivity index (χ0n) is 12.8. The van der Waals surface area contributed by atoms with Gasteiger partial charge in [-0.25, -0.2) is 0 Å². The molecule has 1 saturated carbocycles. The van der Waals surface area contributed by atoms with Crippen LogP contribution in [-0.2, 0) is 4.74 Å². The van der Waals surface area contributed by atoms with E-state index in [2.05, 4.69) is 19.2 Å². The first-order chi connectivity index (χ1) is 9.13. The van der Waals surface area contributed by atoms with Crippen molar-refractivity contribution in [1.29, 1.82) is 0 Å². The van der Waals surface area contributed by atoms with E-state index in [1.54, 1.807) is 0 Å². The first-order valence-corrected chi connectivity index (χ1v) is 8.20. The Morgan fingerprint density at radius 3 is 2.47 bits per heavy atom. The maximum atomic E-state index is 5.90. The zero-order chi connectivity index (χ0) is 13.7. The smallest absolute Gasteiger partial charge is 0.0704 e. The fraction of sp³-hybridized carbons (Fsp3) is 1.00. The van der Waals surface area contributed by atoms with E-state index in [1.165, 1.54) is 45.1 Å². The highest BCUT2D eigenvalue weighted by molar-refractivity contribution is 4.88. The topological polar surface area (TPSA) is 47.3 Å². The molecule has 3 heteroatoms. The van der Waals surface area contributed by atoms with Gasteiger partial charge in [0.15, 0.2) is 0 Å². The fourth-order valence-electron chi connectivity index (χ4n) is 4.05. The minimum atomic E-state index is 0.308. The molecule has 1 heterocycles. The van der Waals surface area contributed by atoms with E-state index in [9.17, 15) is 0 Å². The molecule has 1 saturated heterocycles. The van der Waals surface area contributed by atoms with Gasteiger partial charge < -0.3 is 15.8 Å². The number of hydrogen-bond donors (Lipinski definition) is 2. The SMILES string of the molecule is CC(C)CC1(CNCC2CCC(CN)O2)CCCC1. The number of nitrogens with one attached hydrogen (secondary N) is 1. The predicted molar refractivity (Wildman–Crippen MR) is 80.2 cm³/mol. The van der Waals surface area contributed by atoms with Crippen LogP contribution in [0, 0.1) is 11.3 Å². The molecule has 2 atom stereocenters. The molecular formula is C16H32N2O. The summed E-state index contributed by atoms with van der Waals surface area (Å²) >= 11 is 0. The summed E-state index contributed by atoms with van der Waals surface area (Å²) in [6.07, 6.45) is 10.1. The van der Waals surface area contributed by atoms with Crippen molar-refractivity contribution < 1.29 is 4.74 Å². The van der Waals surface area contributed by atoms with Crippen molar-refractivity contribution in [3.05, 3.63) is 0 Å². The van der Waals surface area contributed by atoms with Crippen LogP contribution < -0.4 is 11.1 Å². The average Bonchev–Trinajstić information content (AvgIpc) is 2.98. The Labute approximate surface area is 118 Å². The van der Waals surface area contributed by atoms with Gasteiger partial charge in [-0.1, -0.05) is 26.7 Å². The van der Waals surface area contributed by atoms with Crippen LogP contribution in [0.5, 0.6) is 0 Å². The van der Waals surface area contributed by atoms with Gasteiger partial charge in [0.1, 0.15) is 0 Å². The molecule has 2 unspecified atom stereocenters. The van der Waals surface area contributed by atoms with Gasteiger partial charge >= 0.3 is 0 Å². The molecule has 2 fully saturated rings. The summed E-state index contributed by atoms with van der Waals surface area (Å²) in [6, 6.07) is 0. The summed E-state index contributed by atoms with van der Waals surface area (Å²) in [5.41, 5.74) is 6.22. The zero-order valence-corrected chi connectivity index (χ0v) is 12.8. The standard InChI is InChI=1S/C16H32N2O/c1-13(2)9-16(7-3-4-8-16)12-18-11-15-6-5-14(10-17)19-15/h13-15,18H,3-12,17H2,1-2H3. The maximum absolute atomic E-state index is 5.90. The van der Waals surface area contributed by atoms with Crippen LogP contribution in [-0.4, -0.2) is 31.8 Å². The third-order valence-electron chi connectivity index (χ3n) is 4.84. The Morgan fingerprint density at radius 2 is 1.89 bits per heavy atom. The molecular weight excluding hydrogens is 236 g/mol. The van der Waals surface area contributed by atoms with Crippen LogP contribution in [0.2, 0.25) is 0 Å². The third kappa shape index (κ3) is 4.44. The van der Waals surface area contributed by atoms with Crippen LogP contribution in [0.25, 0.3) is 0 Å². The van der Waals surface area contributed by atoms with Crippen molar-refractivity contribution in [2.45, 2.75) is 71.0 Å². The lowest BCUT2D eigenvalue weighted by molar-refractivity contribution is 0.0482. The largest absolute Gasteiger partial charge is 0.372 e. The molecule has 1 aliphatic carbocycles. The van der Waals surface area contributed by atoms with Gasteiger partial charge in [0.2, 0.25) is 0 Å². The molecule has 3 nitrogen and oxygen atoms in total. The van der Waals surface area contributed by atoms with E-state index < -0.39 is 0 Å². The van der Waals surface area contributed by atoms with Crippen molar-refractivity contribution in [1.82, 2.24) is 5.32 Å². The van der Waals surface area contributed by atoms with Crippen LogP contribution in [0.3, 0.4) is 0 Å². The summed E-state index contributed by atoms with van der Waals surface area (Å²) in [7, 11) is 0. The summed E-state index contributed by atoms with van der Waals surface area (Å²) in [6.45, 7) is 7.57. The van der Waals surface area contributed by atoms with Crippen LogP contribution >= 0.6 is 0 Å². The lowest BCUT2D eigenvalue weighted by atomic mass is 9.78. The molecule has 0 amide bonds. The highest BCUT2D eigenvalue weighted by Gasteiger charge is 2.34. The van der Waals surface area contributed by atoms with E-state index in [-0.39, 0.29) is 0 Å². The van der Waals surface area contributed by atoms with Crippen LogP contribution in [0.15, 0.2) is 0 Å². The molecule has 0 radical (unpaired) electrons. The van der Waals surface area contributed by atoms with Gasteiger partial charge in [0, 0.05) is 19.6 Å². The lowest BCUT2D eigenvalue weighted by Crippen LogP contribution is -2.37. The van der Waals surface area contributed by atoms with Gasteiger partial charge in [0.05, 0.1) is 12.2 Å². The molecule has 0 aromatic heterocycles. The van der Waals surface area contributed by atoms with Gasteiger partial charge in [-0.3, -0.25) is 0 Å². The number of hydrogen-bond acceptors (Lipinski definition) is 3. The van der Waals surface area contributed by atoms with E-state index in [0.29, 0.717) is 24.2 Å². The van der Waals surface area contributed by atoms with E-state index in [0.717, 1.165) is 18.9 Å². The quantitative estimate of drug-likeness (QED) is 0.746. The van der Waals surface area contributed by atoms with Gasteiger partial charge in [-0.2, -0.15) is 0 Å². The maximum Gasteiger partial charge on any atom is 0.0704 e. The monoisotopic (exact) mass is 268 g/mol. The van der Waals surface area contributed by atoms with Crippen molar-refractivity contribution in [3.63, 3.8) is 0 Å². The van der Waals surface area contributed by atoms with E-state index in [4.69, 9.17) is 10.5 Å². The molecule has 112 valence electrons. The highest BCUT2D eigenvalue weighted by Crippen LogP contribution is 2.42. The molecule has 2 rings (SSSR count). The lowest BCUT2D eigenvalue weighted by Gasteiger charge is -2.31. The minimum absolute atomic E-state index is 0.308. The molecule has 0 bridgehead atoms. The van der Waals surface area contributed by atoms with Crippen molar-refractivity contribution in [2.24, 2.45) is 17.1 Å². The predicted octanol–water partition coefficient (Wildman–Crippen LogP) is 2.69. The van der Waals surface area contributed by atoms with E-state index >= 15 is 0 Å². The number of ether oxygens (including phenoxy) is 1. The first kappa shape index (κ1) is 15.3. The van der Waals surface area contributed by atoms with Crippen LogP contribution in [0.1, 0.15) is 58.8 Å². The van der Waals surface area contributed by atoms with Gasteiger partial charge in [0.25, 0.3) is 0 Å². The summed E-state index contributed by atoms with van der Waals surface area (Å²) in [5.74, 6) is 0.809. The van der Waals surface area contributed by atoms with E-state index in [1.807, 2.05) is 0 Å². The first-order valence-electron chi connectivity index (χ1n) is 8.20. The molecule has 1 aliphatic heterocycles. The van der Waals surface area contributed by atoms with Crippen molar-refractivity contribution >= 4 is 0 Å². The Balaban J connectivity index is 1.71. The van der Waals surface area contributed by atoms with Gasteiger partial charge in [-0.15, -0.1) is 0 Å². The second kappa shape index (κ2) is 7.05. The fourth-order valence-corrected chi connectivity index (χ4v) is 4.05. The summed E-state index contributed by atoms with van der Waals surface area (Å²) in [4.78, 5) is 0. The molecule has 0 aromatic rings. The molecule has 2 aliphatic rings. The number of nitrogens with two attached hydrogens (primary N) is 1. The molecule has 0 aromatic carbocycles. The Bertz CT molecular complexity index is 261. The molecule has 3 N–H and O–H groups in total. The summed E-state index contributed by atoms with van der Waals surface area (Å²) < 4.78 is 5.90. The Hall–Kier alpha value is -0.120.